The largest absolute Gasteiger partial charge is 0.459 e. The number of esters is 1. The van der Waals surface area contributed by atoms with E-state index in [2.05, 4.69) is 5.10 Å². The van der Waals surface area contributed by atoms with Crippen LogP contribution in [-0.2, 0) is 16.0 Å². The van der Waals surface area contributed by atoms with E-state index in [1.807, 2.05) is 17.7 Å². The molecule has 1 aromatic carbocycles. The molecule has 0 spiro atoms. The average molecular weight is 388 g/mol. The van der Waals surface area contributed by atoms with Crippen LogP contribution in [0.15, 0.2) is 30.3 Å². The smallest absolute Gasteiger partial charge is 0.348 e. The first-order chi connectivity index (χ1) is 13.1. The third kappa shape index (κ3) is 4.04. The lowest BCUT2D eigenvalue weighted by Crippen LogP contribution is -2.25. The van der Waals surface area contributed by atoms with Gasteiger partial charge < -0.3 is 9.47 Å². The molecule has 5 nitrogen and oxygen atoms in total. The summed E-state index contributed by atoms with van der Waals surface area (Å²) >= 11 is 1.37. The van der Waals surface area contributed by atoms with E-state index in [4.69, 9.17) is 9.47 Å². The van der Waals surface area contributed by atoms with Crippen LogP contribution >= 0.6 is 11.3 Å². The second-order valence-electron chi connectivity index (χ2n) is 6.79. The molecule has 0 amide bonds. The maximum absolute atomic E-state index is 13.1. The Balaban J connectivity index is 1.49. The van der Waals surface area contributed by atoms with Crippen LogP contribution in [0.3, 0.4) is 0 Å². The molecule has 2 aromatic heterocycles. The Morgan fingerprint density at radius 2 is 2.19 bits per heavy atom. The molecule has 3 heterocycles. The molecule has 0 bridgehead atoms. The minimum Gasteiger partial charge on any atom is -0.459 e. The maximum atomic E-state index is 13.1. The zero-order valence-corrected chi connectivity index (χ0v) is 15.9. The van der Waals surface area contributed by atoms with Crippen molar-refractivity contribution in [1.29, 1.82) is 0 Å². The van der Waals surface area contributed by atoms with E-state index in [1.165, 1.54) is 23.5 Å². The van der Waals surface area contributed by atoms with Crippen LogP contribution < -0.4 is 0 Å². The van der Waals surface area contributed by atoms with E-state index in [1.54, 1.807) is 12.1 Å². The lowest BCUT2D eigenvalue weighted by Gasteiger charge is -2.21. The minimum atomic E-state index is -0.321. The summed E-state index contributed by atoms with van der Waals surface area (Å²) in [6.45, 7) is 3.48. The number of hydrogen-bond donors (Lipinski definition) is 0. The second kappa shape index (κ2) is 7.78. The molecule has 1 aliphatic heterocycles. The van der Waals surface area contributed by atoms with Crippen molar-refractivity contribution in [3.8, 4) is 0 Å². The summed E-state index contributed by atoms with van der Waals surface area (Å²) in [6.07, 6.45) is 3.13. The highest BCUT2D eigenvalue weighted by Gasteiger charge is 2.20. The van der Waals surface area contributed by atoms with Gasteiger partial charge in [0, 0.05) is 12.0 Å². The van der Waals surface area contributed by atoms with Gasteiger partial charge in [0.25, 0.3) is 0 Å². The van der Waals surface area contributed by atoms with Gasteiger partial charge in [-0.3, -0.25) is 4.68 Å². The quantitative estimate of drug-likeness (QED) is 0.611. The number of fused-ring (bicyclic) bond motifs is 1. The number of aryl methyl sites for hydroxylation is 1. The van der Waals surface area contributed by atoms with Crippen molar-refractivity contribution in [1.82, 2.24) is 9.78 Å². The number of ether oxygens (including phenoxy) is 2. The normalized spacial score (nSPS) is 17.3. The third-order valence-electron chi connectivity index (χ3n) is 4.73. The summed E-state index contributed by atoms with van der Waals surface area (Å²) < 4.78 is 26.0. The molecule has 0 aliphatic carbocycles. The Morgan fingerprint density at radius 3 is 2.93 bits per heavy atom. The van der Waals surface area contributed by atoms with Crippen molar-refractivity contribution in [3.63, 3.8) is 0 Å². The van der Waals surface area contributed by atoms with Gasteiger partial charge in [-0.2, -0.15) is 5.10 Å². The zero-order valence-electron chi connectivity index (χ0n) is 15.1. The van der Waals surface area contributed by atoms with Crippen LogP contribution in [0.4, 0.5) is 4.39 Å². The SMILES string of the molecule is Cc1nn(Cc2ccc(F)cc2)c2sc(C(=O)OCC3CCCCO3)cc12. The number of hydrogen-bond acceptors (Lipinski definition) is 5. The summed E-state index contributed by atoms with van der Waals surface area (Å²) in [6, 6.07) is 8.20. The molecule has 7 heteroatoms. The van der Waals surface area contributed by atoms with Crippen LogP contribution in [-0.4, -0.2) is 35.1 Å². The summed E-state index contributed by atoms with van der Waals surface area (Å²) in [5, 5.41) is 5.50. The van der Waals surface area contributed by atoms with Gasteiger partial charge >= 0.3 is 5.97 Å². The number of halogens is 1. The highest BCUT2D eigenvalue weighted by atomic mass is 32.1. The highest BCUT2D eigenvalue weighted by Crippen LogP contribution is 2.29. The fraction of sp³-hybridized carbons (Fsp3) is 0.400. The van der Waals surface area contributed by atoms with Gasteiger partial charge in [-0.1, -0.05) is 12.1 Å². The Hall–Kier alpha value is -2.25. The minimum absolute atomic E-state index is 0.00721. The van der Waals surface area contributed by atoms with Gasteiger partial charge in [0.1, 0.15) is 22.1 Å². The van der Waals surface area contributed by atoms with Crippen LogP contribution in [0.2, 0.25) is 0 Å². The highest BCUT2D eigenvalue weighted by molar-refractivity contribution is 7.20. The number of carbonyl (C=O) groups excluding carboxylic acids is 1. The van der Waals surface area contributed by atoms with Gasteiger partial charge in [0.15, 0.2) is 0 Å². The Labute approximate surface area is 160 Å². The van der Waals surface area contributed by atoms with Crippen LogP contribution in [0.5, 0.6) is 0 Å². The van der Waals surface area contributed by atoms with E-state index < -0.39 is 0 Å². The summed E-state index contributed by atoms with van der Waals surface area (Å²) in [5.74, 6) is -0.582. The van der Waals surface area contributed by atoms with Crippen LogP contribution in [0.1, 0.15) is 40.2 Å². The third-order valence-corrected chi connectivity index (χ3v) is 5.86. The fourth-order valence-corrected chi connectivity index (χ4v) is 4.32. The Morgan fingerprint density at radius 1 is 1.37 bits per heavy atom. The molecule has 1 saturated heterocycles. The number of benzene rings is 1. The van der Waals surface area contributed by atoms with Crippen LogP contribution in [0.25, 0.3) is 10.2 Å². The average Bonchev–Trinajstić information content (AvgIpc) is 3.24. The fourth-order valence-electron chi connectivity index (χ4n) is 3.26. The number of aromatic nitrogens is 2. The predicted octanol–water partition coefficient (Wildman–Crippen LogP) is 4.32. The van der Waals surface area contributed by atoms with Crippen LogP contribution in [0, 0.1) is 12.7 Å². The molecule has 0 radical (unpaired) electrons. The molecule has 0 N–H and O–H groups in total. The molecule has 0 saturated carbocycles. The van der Waals surface area contributed by atoms with E-state index in [0.29, 0.717) is 18.0 Å². The summed E-state index contributed by atoms with van der Waals surface area (Å²) in [7, 11) is 0. The van der Waals surface area contributed by atoms with Crippen molar-refractivity contribution in [2.45, 2.75) is 38.8 Å². The molecule has 1 atom stereocenters. The second-order valence-corrected chi connectivity index (χ2v) is 7.82. The van der Waals surface area contributed by atoms with E-state index in [-0.39, 0.29) is 17.9 Å². The lowest BCUT2D eigenvalue weighted by molar-refractivity contribution is -0.0298. The summed E-state index contributed by atoms with van der Waals surface area (Å²) in [4.78, 5) is 13.9. The molecule has 3 aromatic rings. The first-order valence-corrected chi connectivity index (χ1v) is 9.92. The first kappa shape index (κ1) is 18.1. The Kier molecular flexibility index (Phi) is 5.22. The number of carbonyl (C=O) groups is 1. The van der Waals surface area contributed by atoms with Gasteiger partial charge in [0.2, 0.25) is 0 Å². The van der Waals surface area contributed by atoms with Gasteiger partial charge in [-0.25, -0.2) is 9.18 Å². The molecule has 1 unspecified atom stereocenters. The van der Waals surface area contributed by atoms with Crippen molar-refractivity contribution >= 4 is 27.5 Å². The molecule has 27 heavy (non-hydrogen) atoms. The van der Waals surface area contributed by atoms with E-state index in [0.717, 1.165) is 47.3 Å². The number of rotatable bonds is 5. The maximum Gasteiger partial charge on any atom is 0.348 e. The lowest BCUT2D eigenvalue weighted by atomic mass is 10.1. The van der Waals surface area contributed by atoms with Crippen molar-refractivity contribution in [3.05, 3.63) is 52.3 Å². The van der Waals surface area contributed by atoms with Crippen molar-refractivity contribution in [2.24, 2.45) is 0 Å². The van der Waals surface area contributed by atoms with Crippen molar-refractivity contribution in [2.75, 3.05) is 13.2 Å². The standard InChI is InChI=1S/C20H21FN2O3S/c1-13-17-10-18(20(24)26-12-16-4-2-3-9-25-16)27-19(17)23(22-13)11-14-5-7-15(21)8-6-14/h5-8,10,16H,2-4,9,11-12H2,1H3. The molecule has 142 valence electrons. The monoisotopic (exact) mass is 388 g/mol. The Bertz CT molecular complexity index is 942. The van der Waals surface area contributed by atoms with E-state index in [9.17, 15) is 9.18 Å². The van der Waals surface area contributed by atoms with Gasteiger partial charge in [-0.15, -0.1) is 11.3 Å². The molecule has 4 rings (SSSR count). The van der Waals surface area contributed by atoms with E-state index >= 15 is 0 Å². The predicted molar refractivity (Wildman–Crippen MR) is 102 cm³/mol. The van der Waals surface area contributed by atoms with Gasteiger partial charge in [0.05, 0.1) is 18.3 Å². The molecular weight excluding hydrogens is 367 g/mol. The number of thiophene rings is 1. The first-order valence-electron chi connectivity index (χ1n) is 9.10. The molecular formula is C20H21FN2O3S. The number of nitrogens with zero attached hydrogens (tertiary/aromatic N) is 2. The molecule has 1 aliphatic rings. The van der Waals surface area contributed by atoms with Crippen molar-refractivity contribution < 1.29 is 18.7 Å². The topological polar surface area (TPSA) is 53.4 Å². The zero-order chi connectivity index (χ0) is 18.8. The van der Waals surface area contributed by atoms with Gasteiger partial charge in [-0.05, 0) is 49.9 Å². The molecule has 1 fully saturated rings. The summed E-state index contributed by atoms with van der Waals surface area (Å²) in [5.41, 5.74) is 1.81.